The van der Waals surface area contributed by atoms with E-state index in [2.05, 4.69) is 69.4 Å². The number of hydrogen-bond donors (Lipinski definition) is 0. The van der Waals surface area contributed by atoms with E-state index < -0.39 is 6.10 Å². The molecule has 0 bridgehead atoms. The molecule has 0 radical (unpaired) electrons. The van der Waals surface area contributed by atoms with Crippen LogP contribution in [0.25, 0.3) is 0 Å². The summed E-state index contributed by atoms with van der Waals surface area (Å²) in [6.07, 6.45) is 87.4. The standard InChI is InChI=1S/C74H136O6/c1-4-7-10-13-16-19-22-24-26-28-30-31-32-33-34-35-36-37-38-39-40-41-42-44-45-47-49-52-55-58-61-64-67-73(76)79-70-71(69-78-72(75)66-63-60-57-54-51-21-18-15-12-9-6-3)80-74(77)68-65-62-59-56-53-50-48-46-43-29-27-25-23-20-17-14-11-8-5-2/h8,11,17,20,25,27,43,46,71H,4-7,9-10,12-16,18-19,21-24,26,28-42,44-45,47-70H2,1-3H3/b11-8-,20-17-,27-25-,46-43-. The first-order valence-electron chi connectivity index (χ1n) is 35.6. The molecular formula is C74H136O6. The molecule has 0 aliphatic carbocycles. The Bertz CT molecular complexity index is 1380. The number of esters is 3. The lowest BCUT2D eigenvalue weighted by atomic mass is 10.0. The smallest absolute Gasteiger partial charge is 0.306 e. The van der Waals surface area contributed by atoms with Crippen molar-refractivity contribution in [2.24, 2.45) is 0 Å². The Labute approximate surface area is 498 Å². The Morgan fingerprint density at radius 3 is 0.762 bits per heavy atom. The van der Waals surface area contributed by atoms with Crippen LogP contribution in [0.4, 0.5) is 0 Å². The lowest BCUT2D eigenvalue weighted by molar-refractivity contribution is -0.167. The highest BCUT2D eigenvalue weighted by molar-refractivity contribution is 5.71. The van der Waals surface area contributed by atoms with Gasteiger partial charge in [0.2, 0.25) is 0 Å². The number of rotatable bonds is 66. The maximum Gasteiger partial charge on any atom is 0.306 e. The van der Waals surface area contributed by atoms with Crippen LogP contribution in [-0.4, -0.2) is 37.2 Å². The predicted octanol–water partition coefficient (Wildman–Crippen LogP) is 24.5. The molecule has 1 atom stereocenters. The molecule has 468 valence electrons. The zero-order valence-electron chi connectivity index (χ0n) is 53.9. The second kappa shape index (κ2) is 68.9. The van der Waals surface area contributed by atoms with Crippen molar-refractivity contribution in [2.75, 3.05) is 13.2 Å². The first-order chi connectivity index (χ1) is 39.5. The van der Waals surface area contributed by atoms with Gasteiger partial charge in [-0.15, -0.1) is 0 Å². The van der Waals surface area contributed by atoms with Crippen LogP contribution in [0.15, 0.2) is 48.6 Å². The van der Waals surface area contributed by atoms with Crippen LogP contribution >= 0.6 is 0 Å². The summed E-state index contributed by atoms with van der Waals surface area (Å²) in [7, 11) is 0. The second-order valence-corrected chi connectivity index (χ2v) is 24.1. The molecule has 0 aromatic heterocycles. The van der Waals surface area contributed by atoms with E-state index in [1.807, 2.05) is 0 Å². The summed E-state index contributed by atoms with van der Waals surface area (Å²) in [6.45, 7) is 6.57. The van der Waals surface area contributed by atoms with Gasteiger partial charge in [0.15, 0.2) is 6.10 Å². The zero-order chi connectivity index (χ0) is 57.8. The molecule has 0 aliphatic rings. The molecule has 0 aliphatic heterocycles. The van der Waals surface area contributed by atoms with E-state index in [-0.39, 0.29) is 31.1 Å². The van der Waals surface area contributed by atoms with Crippen LogP contribution in [0, 0.1) is 0 Å². The molecule has 80 heavy (non-hydrogen) atoms. The van der Waals surface area contributed by atoms with Crippen molar-refractivity contribution in [1.29, 1.82) is 0 Å². The molecule has 0 spiro atoms. The summed E-state index contributed by atoms with van der Waals surface area (Å²) >= 11 is 0. The van der Waals surface area contributed by atoms with Crippen LogP contribution in [0.3, 0.4) is 0 Å². The van der Waals surface area contributed by atoms with Gasteiger partial charge in [-0.2, -0.15) is 0 Å². The first kappa shape index (κ1) is 77.4. The molecule has 0 amide bonds. The first-order valence-corrected chi connectivity index (χ1v) is 35.6. The Morgan fingerprint density at radius 2 is 0.487 bits per heavy atom. The van der Waals surface area contributed by atoms with Crippen LogP contribution in [0.2, 0.25) is 0 Å². The van der Waals surface area contributed by atoms with Crippen LogP contribution in [0.1, 0.15) is 387 Å². The number of ether oxygens (including phenoxy) is 3. The number of hydrogen-bond acceptors (Lipinski definition) is 6. The van der Waals surface area contributed by atoms with Gasteiger partial charge >= 0.3 is 17.9 Å². The number of allylic oxidation sites excluding steroid dienone is 8. The molecule has 0 N–H and O–H groups in total. The fraction of sp³-hybridized carbons (Fsp3) is 0.851. The van der Waals surface area contributed by atoms with E-state index in [0.29, 0.717) is 19.3 Å². The molecule has 1 unspecified atom stereocenters. The van der Waals surface area contributed by atoms with Crippen molar-refractivity contribution >= 4 is 17.9 Å². The van der Waals surface area contributed by atoms with Crippen molar-refractivity contribution in [3.05, 3.63) is 48.6 Å². The van der Waals surface area contributed by atoms with Crippen molar-refractivity contribution in [3.63, 3.8) is 0 Å². The highest BCUT2D eigenvalue weighted by Gasteiger charge is 2.19. The van der Waals surface area contributed by atoms with E-state index in [4.69, 9.17) is 14.2 Å². The lowest BCUT2D eigenvalue weighted by Crippen LogP contribution is -2.30. The van der Waals surface area contributed by atoms with Crippen LogP contribution < -0.4 is 0 Å². The summed E-state index contributed by atoms with van der Waals surface area (Å²) in [5.41, 5.74) is 0. The zero-order valence-corrected chi connectivity index (χ0v) is 53.9. The number of carbonyl (C=O) groups excluding carboxylic acids is 3. The number of unbranched alkanes of at least 4 members (excludes halogenated alkanes) is 47. The predicted molar refractivity (Wildman–Crippen MR) is 349 cm³/mol. The van der Waals surface area contributed by atoms with Gasteiger partial charge in [-0.05, 0) is 57.8 Å². The van der Waals surface area contributed by atoms with Gasteiger partial charge in [0.05, 0.1) is 0 Å². The van der Waals surface area contributed by atoms with E-state index >= 15 is 0 Å². The Balaban J connectivity index is 4.10. The Morgan fingerprint density at radius 1 is 0.263 bits per heavy atom. The molecule has 6 heteroatoms. The summed E-state index contributed by atoms with van der Waals surface area (Å²) in [5, 5.41) is 0. The third kappa shape index (κ3) is 66.2. The quantitative estimate of drug-likeness (QED) is 0.0261. The molecule has 0 heterocycles. The SMILES string of the molecule is CC/C=C\C/C=C\C/C=C\C/C=C\CCCCCCCCC(=O)OC(COC(=O)CCCCCCCCCCCCC)COC(=O)CCCCCCCCCCCCCCCCCCCCCCCCCCCCCCCCCC. The van der Waals surface area contributed by atoms with E-state index in [1.54, 1.807) is 0 Å². The molecule has 0 saturated heterocycles. The summed E-state index contributed by atoms with van der Waals surface area (Å²) in [5.74, 6) is -0.865. The van der Waals surface area contributed by atoms with Gasteiger partial charge in [-0.3, -0.25) is 14.4 Å². The summed E-state index contributed by atoms with van der Waals surface area (Å²) in [6, 6.07) is 0. The average molecular weight is 1120 g/mol. The molecular weight excluding hydrogens is 985 g/mol. The molecule has 0 rings (SSSR count). The molecule has 0 saturated carbocycles. The normalized spacial score (nSPS) is 12.3. The van der Waals surface area contributed by atoms with Gasteiger partial charge < -0.3 is 14.2 Å². The monoisotopic (exact) mass is 1120 g/mol. The highest BCUT2D eigenvalue weighted by Crippen LogP contribution is 2.19. The largest absolute Gasteiger partial charge is 0.462 e. The maximum absolute atomic E-state index is 12.9. The molecule has 0 aromatic rings. The van der Waals surface area contributed by atoms with Gasteiger partial charge in [0, 0.05) is 19.3 Å². The van der Waals surface area contributed by atoms with Crippen molar-refractivity contribution < 1.29 is 28.6 Å². The minimum atomic E-state index is -0.778. The minimum Gasteiger partial charge on any atom is -0.462 e. The minimum absolute atomic E-state index is 0.0742. The van der Waals surface area contributed by atoms with Gasteiger partial charge in [0.25, 0.3) is 0 Å². The molecule has 0 fully saturated rings. The highest BCUT2D eigenvalue weighted by atomic mass is 16.6. The maximum atomic E-state index is 12.9. The summed E-state index contributed by atoms with van der Waals surface area (Å²) < 4.78 is 16.9. The van der Waals surface area contributed by atoms with Crippen LogP contribution in [0.5, 0.6) is 0 Å². The van der Waals surface area contributed by atoms with Crippen molar-refractivity contribution in [1.82, 2.24) is 0 Å². The Hall–Kier alpha value is -2.63. The van der Waals surface area contributed by atoms with Gasteiger partial charge in [0.1, 0.15) is 13.2 Å². The van der Waals surface area contributed by atoms with Crippen LogP contribution in [-0.2, 0) is 28.6 Å². The number of carbonyl (C=O) groups is 3. The van der Waals surface area contributed by atoms with Crippen molar-refractivity contribution in [3.8, 4) is 0 Å². The van der Waals surface area contributed by atoms with E-state index in [9.17, 15) is 14.4 Å². The van der Waals surface area contributed by atoms with Gasteiger partial charge in [-0.1, -0.05) is 358 Å². The summed E-state index contributed by atoms with van der Waals surface area (Å²) in [4.78, 5) is 38.3. The molecule has 6 nitrogen and oxygen atoms in total. The third-order valence-electron chi connectivity index (χ3n) is 16.1. The van der Waals surface area contributed by atoms with E-state index in [1.165, 1.54) is 250 Å². The third-order valence-corrected chi connectivity index (χ3v) is 16.1. The fourth-order valence-electron chi connectivity index (χ4n) is 10.8. The second-order valence-electron chi connectivity index (χ2n) is 24.1. The van der Waals surface area contributed by atoms with Crippen molar-refractivity contribution in [2.45, 2.75) is 393 Å². The Kier molecular flexibility index (Phi) is 66.6. The van der Waals surface area contributed by atoms with E-state index in [0.717, 1.165) is 96.3 Å². The average Bonchev–Trinajstić information content (AvgIpc) is 3.46. The van der Waals surface area contributed by atoms with Gasteiger partial charge in [-0.25, -0.2) is 0 Å². The molecule has 0 aromatic carbocycles. The topological polar surface area (TPSA) is 78.9 Å². The fourth-order valence-corrected chi connectivity index (χ4v) is 10.8. The lowest BCUT2D eigenvalue weighted by Gasteiger charge is -2.18.